The Morgan fingerprint density at radius 2 is 1.95 bits per heavy atom. The Balaban J connectivity index is 2.03. The van der Waals surface area contributed by atoms with E-state index >= 15 is 0 Å². The van der Waals surface area contributed by atoms with Gasteiger partial charge in [-0.2, -0.15) is 0 Å². The molecular weight excluding hydrogens is 243 g/mol. The lowest BCUT2D eigenvalue weighted by Crippen LogP contribution is -2.23. The SMILES string of the molecule is Cc1cc(F)c2c(c1)C(=O)OC(c1ccccc1)C2. The van der Waals surface area contributed by atoms with Gasteiger partial charge in [0.15, 0.2) is 0 Å². The summed E-state index contributed by atoms with van der Waals surface area (Å²) in [5.74, 6) is -0.773. The van der Waals surface area contributed by atoms with Gasteiger partial charge in [-0.15, -0.1) is 0 Å². The van der Waals surface area contributed by atoms with Crippen molar-refractivity contribution in [1.29, 1.82) is 0 Å². The van der Waals surface area contributed by atoms with Gasteiger partial charge in [-0.3, -0.25) is 0 Å². The minimum atomic E-state index is -0.447. The van der Waals surface area contributed by atoms with Crippen LogP contribution in [0, 0.1) is 12.7 Å². The van der Waals surface area contributed by atoms with Crippen molar-refractivity contribution in [3.8, 4) is 0 Å². The summed E-state index contributed by atoms with van der Waals surface area (Å²) in [5.41, 5.74) is 2.42. The predicted octanol–water partition coefficient (Wildman–Crippen LogP) is 3.59. The molecule has 19 heavy (non-hydrogen) atoms. The molecule has 0 fully saturated rings. The van der Waals surface area contributed by atoms with E-state index in [1.807, 2.05) is 30.3 Å². The highest BCUT2D eigenvalue weighted by Crippen LogP contribution is 2.32. The Bertz CT molecular complexity index is 635. The quantitative estimate of drug-likeness (QED) is 0.729. The van der Waals surface area contributed by atoms with Crippen molar-refractivity contribution in [1.82, 2.24) is 0 Å². The number of aryl methyl sites for hydroxylation is 1. The number of halogens is 1. The van der Waals surface area contributed by atoms with Crippen LogP contribution < -0.4 is 0 Å². The molecule has 2 nitrogen and oxygen atoms in total. The fourth-order valence-electron chi connectivity index (χ4n) is 2.44. The minimum Gasteiger partial charge on any atom is -0.454 e. The second-order valence-corrected chi connectivity index (χ2v) is 4.78. The summed E-state index contributed by atoms with van der Waals surface area (Å²) < 4.78 is 19.4. The number of carbonyl (C=O) groups is 1. The molecule has 1 unspecified atom stereocenters. The van der Waals surface area contributed by atoms with E-state index in [0.717, 1.165) is 11.1 Å². The zero-order valence-electron chi connectivity index (χ0n) is 10.5. The topological polar surface area (TPSA) is 26.3 Å². The molecule has 1 atom stereocenters. The van der Waals surface area contributed by atoms with Crippen molar-refractivity contribution >= 4 is 5.97 Å². The number of ether oxygens (including phenoxy) is 1. The summed E-state index contributed by atoms with van der Waals surface area (Å²) in [6.45, 7) is 1.76. The predicted molar refractivity (Wildman–Crippen MR) is 69.4 cm³/mol. The molecule has 0 spiro atoms. The fraction of sp³-hybridized carbons (Fsp3) is 0.188. The van der Waals surface area contributed by atoms with Crippen LogP contribution in [0.5, 0.6) is 0 Å². The third-order valence-corrected chi connectivity index (χ3v) is 3.37. The van der Waals surface area contributed by atoms with Gasteiger partial charge in [-0.05, 0) is 30.2 Å². The van der Waals surface area contributed by atoms with Crippen molar-refractivity contribution in [2.24, 2.45) is 0 Å². The van der Waals surface area contributed by atoms with Crippen molar-refractivity contribution in [2.75, 3.05) is 0 Å². The third-order valence-electron chi connectivity index (χ3n) is 3.37. The lowest BCUT2D eigenvalue weighted by Gasteiger charge is -2.25. The molecule has 96 valence electrons. The number of hydrogen-bond donors (Lipinski definition) is 0. The van der Waals surface area contributed by atoms with Gasteiger partial charge in [0.2, 0.25) is 0 Å². The first-order valence-corrected chi connectivity index (χ1v) is 6.20. The van der Waals surface area contributed by atoms with Crippen LogP contribution in [0.15, 0.2) is 42.5 Å². The molecule has 0 aliphatic carbocycles. The summed E-state index contributed by atoms with van der Waals surface area (Å²) in [6.07, 6.45) is -0.0181. The zero-order chi connectivity index (χ0) is 13.4. The zero-order valence-corrected chi connectivity index (χ0v) is 10.5. The van der Waals surface area contributed by atoms with Crippen LogP contribution in [0.3, 0.4) is 0 Å². The van der Waals surface area contributed by atoms with Crippen LogP contribution >= 0.6 is 0 Å². The average molecular weight is 256 g/mol. The highest BCUT2D eigenvalue weighted by atomic mass is 19.1. The number of hydrogen-bond acceptors (Lipinski definition) is 2. The summed E-state index contributed by atoms with van der Waals surface area (Å²) in [5, 5.41) is 0. The summed E-state index contributed by atoms with van der Waals surface area (Å²) in [4.78, 5) is 12.0. The number of carbonyl (C=O) groups excluding carboxylic acids is 1. The maximum Gasteiger partial charge on any atom is 0.339 e. The third kappa shape index (κ3) is 2.12. The first-order chi connectivity index (χ1) is 9.15. The summed E-state index contributed by atoms with van der Waals surface area (Å²) >= 11 is 0. The second-order valence-electron chi connectivity index (χ2n) is 4.78. The molecule has 0 N–H and O–H groups in total. The van der Waals surface area contributed by atoms with E-state index < -0.39 is 12.1 Å². The Hall–Kier alpha value is -2.16. The smallest absolute Gasteiger partial charge is 0.339 e. The van der Waals surface area contributed by atoms with Crippen molar-refractivity contribution in [3.05, 3.63) is 70.5 Å². The number of fused-ring (bicyclic) bond motifs is 1. The molecule has 0 aromatic heterocycles. The minimum absolute atomic E-state index is 0.326. The monoisotopic (exact) mass is 256 g/mol. The Kier molecular flexibility index (Phi) is 2.82. The Morgan fingerprint density at radius 1 is 1.21 bits per heavy atom. The maximum atomic E-state index is 14.0. The number of cyclic esters (lactones) is 1. The van der Waals surface area contributed by atoms with Crippen molar-refractivity contribution in [3.63, 3.8) is 0 Å². The van der Waals surface area contributed by atoms with E-state index in [4.69, 9.17) is 4.74 Å². The van der Waals surface area contributed by atoms with Crippen LogP contribution in [0.2, 0.25) is 0 Å². The van der Waals surface area contributed by atoms with Crippen molar-refractivity contribution in [2.45, 2.75) is 19.4 Å². The van der Waals surface area contributed by atoms with Crippen LogP contribution in [-0.4, -0.2) is 5.97 Å². The number of esters is 1. The second kappa shape index (κ2) is 4.50. The standard InChI is InChI=1S/C16H13FO2/c1-10-7-13-12(14(17)8-10)9-15(19-16(13)18)11-5-3-2-4-6-11/h2-8,15H,9H2,1H3. The van der Waals surface area contributed by atoms with Gasteiger partial charge >= 0.3 is 5.97 Å². The Labute approximate surface area is 110 Å². The fourth-order valence-corrected chi connectivity index (χ4v) is 2.44. The van der Waals surface area contributed by atoms with Gasteiger partial charge in [0.25, 0.3) is 0 Å². The van der Waals surface area contributed by atoms with E-state index in [2.05, 4.69) is 0 Å². The van der Waals surface area contributed by atoms with Crippen LogP contribution in [0.1, 0.15) is 33.2 Å². The molecule has 0 radical (unpaired) electrons. The first kappa shape index (κ1) is 11.9. The van der Waals surface area contributed by atoms with Crippen molar-refractivity contribution < 1.29 is 13.9 Å². The van der Waals surface area contributed by atoms with Gasteiger partial charge in [0, 0.05) is 12.0 Å². The molecule has 0 amide bonds. The Morgan fingerprint density at radius 3 is 2.68 bits per heavy atom. The molecule has 1 aliphatic rings. The van der Waals surface area contributed by atoms with Gasteiger partial charge < -0.3 is 4.74 Å². The molecule has 0 saturated heterocycles. The van der Waals surface area contributed by atoms with Gasteiger partial charge in [0.05, 0.1) is 5.56 Å². The molecule has 1 aliphatic heterocycles. The molecule has 0 bridgehead atoms. The van der Waals surface area contributed by atoms with Gasteiger partial charge in [-0.25, -0.2) is 9.18 Å². The molecule has 2 aromatic carbocycles. The molecule has 1 heterocycles. The first-order valence-electron chi connectivity index (χ1n) is 6.20. The van der Waals surface area contributed by atoms with E-state index in [1.54, 1.807) is 13.0 Å². The van der Waals surface area contributed by atoms with Gasteiger partial charge in [0.1, 0.15) is 11.9 Å². The lowest BCUT2D eigenvalue weighted by molar-refractivity contribution is 0.0248. The number of rotatable bonds is 1. The summed E-state index contributed by atoms with van der Waals surface area (Å²) in [6, 6.07) is 12.6. The van der Waals surface area contributed by atoms with E-state index in [0.29, 0.717) is 17.5 Å². The van der Waals surface area contributed by atoms with Gasteiger partial charge in [-0.1, -0.05) is 30.3 Å². The lowest BCUT2D eigenvalue weighted by atomic mass is 9.93. The number of benzene rings is 2. The molecule has 0 saturated carbocycles. The molecule has 2 aromatic rings. The van der Waals surface area contributed by atoms with E-state index in [-0.39, 0.29) is 5.82 Å². The normalized spacial score (nSPS) is 17.8. The summed E-state index contributed by atoms with van der Waals surface area (Å²) in [7, 11) is 0. The maximum absolute atomic E-state index is 14.0. The molecule has 3 heteroatoms. The van der Waals surface area contributed by atoms with E-state index in [1.165, 1.54) is 6.07 Å². The van der Waals surface area contributed by atoms with Crippen LogP contribution in [-0.2, 0) is 11.2 Å². The molecular formula is C16H13FO2. The van der Waals surface area contributed by atoms with Crippen LogP contribution in [0.25, 0.3) is 0 Å². The van der Waals surface area contributed by atoms with Crippen LogP contribution in [0.4, 0.5) is 4.39 Å². The highest BCUT2D eigenvalue weighted by molar-refractivity contribution is 5.92. The largest absolute Gasteiger partial charge is 0.454 e. The highest BCUT2D eigenvalue weighted by Gasteiger charge is 2.29. The average Bonchev–Trinajstić information content (AvgIpc) is 2.41. The molecule has 3 rings (SSSR count). The van der Waals surface area contributed by atoms with E-state index in [9.17, 15) is 9.18 Å².